The second kappa shape index (κ2) is 10.0. The van der Waals surface area contributed by atoms with E-state index in [2.05, 4.69) is 10.2 Å². The molecule has 1 fully saturated rings. The smallest absolute Gasteiger partial charge is 0.138 e. The maximum Gasteiger partial charge on any atom is 0.138 e. The topological polar surface area (TPSA) is 77.8 Å². The van der Waals surface area contributed by atoms with Crippen LogP contribution in [0.5, 0.6) is 17.2 Å². The van der Waals surface area contributed by atoms with Crippen LogP contribution in [0.25, 0.3) is 22.0 Å². The lowest BCUT2D eigenvalue weighted by Crippen LogP contribution is -2.33. The van der Waals surface area contributed by atoms with E-state index in [1.165, 1.54) is 32.4 Å². The normalized spacial score (nSPS) is 14.2. The van der Waals surface area contributed by atoms with Gasteiger partial charge in [-0.25, -0.2) is 4.98 Å². The number of nitrogens with zero attached hydrogens (tertiary/aromatic N) is 2. The molecule has 3 N–H and O–H groups in total. The van der Waals surface area contributed by atoms with Crippen molar-refractivity contribution in [3.8, 4) is 28.4 Å². The summed E-state index contributed by atoms with van der Waals surface area (Å²) in [6, 6.07) is 22.1. The monoisotopic (exact) mass is 455 g/mol. The van der Waals surface area contributed by atoms with Crippen LogP contribution in [0.1, 0.15) is 19.3 Å². The molecule has 174 valence electrons. The van der Waals surface area contributed by atoms with Gasteiger partial charge in [-0.05, 0) is 92.2 Å². The number of nitrogens with one attached hydrogen (secondary N) is 1. The van der Waals surface area contributed by atoms with Gasteiger partial charge in [0.25, 0.3) is 0 Å². The van der Waals surface area contributed by atoms with Gasteiger partial charge in [0.15, 0.2) is 0 Å². The van der Waals surface area contributed by atoms with Crippen molar-refractivity contribution < 1.29 is 14.9 Å². The number of rotatable bonds is 7. The van der Waals surface area contributed by atoms with Crippen molar-refractivity contribution in [1.29, 1.82) is 0 Å². The summed E-state index contributed by atoms with van der Waals surface area (Å²) in [6.07, 6.45) is 3.92. The fraction of sp³-hybridized carbons (Fsp3) is 0.250. The highest BCUT2D eigenvalue weighted by molar-refractivity contribution is 5.91. The van der Waals surface area contributed by atoms with Gasteiger partial charge in [0, 0.05) is 23.2 Å². The molecule has 0 aliphatic carbocycles. The molecule has 6 heteroatoms. The number of hydrogen-bond donors (Lipinski definition) is 3. The lowest BCUT2D eigenvalue weighted by atomic mass is 10.0. The molecule has 0 saturated carbocycles. The Bertz CT molecular complexity index is 1250. The number of benzene rings is 3. The van der Waals surface area contributed by atoms with Gasteiger partial charge < -0.3 is 20.3 Å². The number of pyridine rings is 1. The number of fused-ring (bicyclic) bond motifs is 1. The summed E-state index contributed by atoms with van der Waals surface area (Å²) in [5, 5.41) is 23.9. The van der Waals surface area contributed by atoms with E-state index in [1.54, 1.807) is 30.3 Å². The van der Waals surface area contributed by atoms with Gasteiger partial charge in [0.2, 0.25) is 0 Å². The van der Waals surface area contributed by atoms with E-state index < -0.39 is 0 Å². The Morgan fingerprint density at radius 2 is 1.56 bits per heavy atom. The van der Waals surface area contributed by atoms with Crippen LogP contribution in [-0.4, -0.2) is 46.3 Å². The highest BCUT2D eigenvalue weighted by Gasteiger charge is 2.12. The molecule has 0 spiro atoms. The van der Waals surface area contributed by atoms with Crippen LogP contribution in [0.2, 0.25) is 0 Å². The quantitative estimate of drug-likeness (QED) is 0.321. The van der Waals surface area contributed by atoms with Crippen LogP contribution in [-0.2, 0) is 0 Å². The standard InChI is InChI=1S/C28H29N3O3/c32-23-8-4-20(5-9-23)26-19-21-18-24(33)10-13-27(21)30-28(26)29-22-6-11-25(12-7-22)34-17-16-31-14-2-1-3-15-31/h4-13,18-19,32-33H,1-3,14-17H2,(H,29,30). The third kappa shape index (κ3) is 5.24. The van der Waals surface area contributed by atoms with E-state index in [-0.39, 0.29) is 11.5 Å². The van der Waals surface area contributed by atoms with Crippen LogP contribution < -0.4 is 10.1 Å². The lowest BCUT2D eigenvalue weighted by Gasteiger charge is -2.26. The highest BCUT2D eigenvalue weighted by Crippen LogP contribution is 2.34. The second-order valence-corrected chi connectivity index (χ2v) is 8.71. The Morgan fingerprint density at radius 3 is 2.32 bits per heavy atom. The van der Waals surface area contributed by atoms with Crippen molar-refractivity contribution in [3.05, 3.63) is 72.8 Å². The first-order chi connectivity index (χ1) is 16.6. The molecule has 0 bridgehead atoms. The maximum absolute atomic E-state index is 9.90. The molecule has 5 rings (SSSR count). The maximum atomic E-state index is 9.90. The summed E-state index contributed by atoms with van der Waals surface area (Å²) in [7, 11) is 0. The first kappa shape index (κ1) is 22.0. The summed E-state index contributed by atoms with van der Waals surface area (Å²) >= 11 is 0. The van der Waals surface area contributed by atoms with Gasteiger partial charge in [0.1, 0.15) is 29.7 Å². The molecule has 0 radical (unpaired) electrons. The van der Waals surface area contributed by atoms with Crippen molar-refractivity contribution >= 4 is 22.4 Å². The first-order valence-electron chi connectivity index (χ1n) is 11.8. The summed E-state index contributed by atoms with van der Waals surface area (Å²) in [4.78, 5) is 7.28. The number of likely N-dealkylation sites (tertiary alicyclic amines) is 1. The number of hydrogen-bond acceptors (Lipinski definition) is 6. The minimum absolute atomic E-state index is 0.197. The Balaban J connectivity index is 1.34. The van der Waals surface area contributed by atoms with Gasteiger partial charge in [-0.15, -0.1) is 0 Å². The number of phenolic OH excluding ortho intramolecular Hbond substituents is 2. The van der Waals surface area contributed by atoms with Gasteiger partial charge in [-0.1, -0.05) is 18.6 Å². The number of piperidine rings is 1. The molecule has 0 atom stereocenters. The van der Waals surface area contributed by atoms with Gasteiger partial charge in [-0.3, -0.25) is 4.90 Å². The van der Waals surface area contributed by atoms with Gasteiger partial charge in [0.05, 0.1) is 5.52 Å². The molecule has 1 aliphatic rings. The molecule has 1 aliphatic heterocycles. The number of ether oxygens (including phenoxy) is 1. The fourth-order valence-electron chi connectivity index (χ4n) is 4.37. The van der Waals surface area contributed by atoms with Crippen molar-refractivity contribution in [1.82, 2.24) is 9.88 Å². The number of phenols is 2. The molecule has 0 amide bonds. The lowest BCUT2D eigenvalue weighted by molar-refractivity contribution is 0.183. The zero-order valence-electron chi connectivity index (χ0n) is 19.1. The number of aromatic hydroxyl groups is 2. The Labute approximate surface area is 199 Å². The predicted molar refractivity (Wildman–Crippen MR) is 136 cm³/mol. The van der Waals surface area contributed by atoms with E-state index in [0.29, 0.717) is 12.4 Å². The molecule has 1 saturated heterocycles. The zero-order valence-corrected chi connectivity index (χ0v) is 19.1. The number of anilines is 2. The minimum atomic E-state index is 0.197. The average molecular weight is 456 g/mol. The van der Waals surface area contributed by atoms with Crippen LogP contribution in [0.4, 0.5) is 11.5 Å². The summed E-state index contributed by atoms with van der Waals surface area (Å²) in [6.45, 7) is 4.01. The van der Waals surface area contributed by atoms with E-state index >= 15 is 0 Å². The van der Waals surface area contributed by atoms with E-state index in [4.69, 9.17) is 9.72 Å². The third-order valence-electron chi connectivity index (χ3n) is 6.22. The summed E-state index contributed by atoms with van der Waals surface area (Å²) in [5.74, 6) is 1.95. The molecule has 4 aromatic rings. The molecule has 2 heterocycles. The third-order valence-corrected chi connectivity index (χ3v) is 6.22. The van der Waals surface area contributed by atoms with Crippen molar-refractivity contribution in [3.63, 3.8) is 0 Å². The van der Waals surface area contributed by atoms with E-state index in [1.807, 2.05) is 42.5 Å². The number of aromatic nitrogens is 1. The van der Waals surface area contributed by atoms with Crippen molar-refractivity contribution in [2.24, 2.45) is 0 Å². The molecule has 3 aromatic carbocycles. The molecule has 34 heavy (non-hydrogen) atoms. The summed E-state index contributed by atoms with van der Waals surface area (Å²) in [5.41, 5.74) is 3.46. The van der Waals surface area contributed by atoms with Crippen LogP contribution in [0.15, 0.2) is 72.8 Å². The highest BCUT2D eigenvalue weighted by atomic mass is 16.5. The Kier molecular flexibility index (Phi) is 6.49. The molecule has 6 nitrogen and oxygen atoms in total. The van der Waals surface area contributed by atoms with Crippen LogP contribution in [0.3, 0.4) is 0 Å². The van der Waals surface area contributed by atoms with Crippen molar-refractivity contribution in [2.45, 2.75) is 19.3 Å². The van der Waals surface area contributed by atoms with Gasteiger partial charge >= 0.3 is 0 Å². The second-order valence-electron chi connectivity index (χ2n) is 8.71. The molecular weight excluding hydrogens is 426 g/mol. The largest absolute Gasteiger partial charge is 0.508 e. The first-order valence-corrected chi connectivity index (χ1v) is 11.8. The van der Waals surface area contributed by atoms with Crippen molar-refractivity contribution in [2.75, 3.05) is 31.6 Å². The van der Waals surface area contributed by atoms with E-state index in [0.717, 1.165) is 40.0 Å². The Hall–Kier alpha value is -3.77. The Morgan fingerprint density at radius 1 is 0.824 bits per heavy atom. The predicted octanol–water partition coefficient (Wildman–Crippen LogP) is 5.92. The molecule has 1 aromatic heterocycles. The minimum Gasteiger partial charge on any atom is -0.508 e. The van der Waals surface area contributed by atoms with Crippen LogP contribution >= 0.6 is 0 Å². The SMILES string of the molecule is Oc1ccc(-c2cc3cc(O)ccc3nc2Nc2ccc(OCCN3CCCCC3)cc2)cc1. The van der Waals surface area contributed by atoms with Crippen LogP contribution in [0, 0.1) is 0 Å². The average Bonchev–Trinajstić information content (AvgIpc) is 2.86. The zero-order chi connectivity index (χ0) is 23.3. The summed E-state index contributed by atoms with van der Waals surface area (Å²) < 4.78 is 5.95. The fourth-order valence-corrected chi connectivity index (χ4v) is 4.37. The molecule has 0 unspecified atom stereocenters. The van der Waals surface area contributed by atoms with Gasteiger partial charge in [-0.2, -0.15) is 0 Å². The van der Waals surface area contributed by atoms with E-state index in [9.17, 15) is 10.2 Å². The molecular formula is C28H29N3O3.